The highest BCUT2D eigenvalue weighted by Gasteiger charge is 2.49. The summed E-state index contributed by atoms with van der Waals surface area (Å²) in [4.78, 5) is 12.2. The summed E-state index contributed by atoms with van der Waals surface area (Å²) in [5.41, 5.74) is 0.591. The summed E-state index contributed by atoms with van der Waals surface area (Å²) in [5.74, 6) is 0.986. The molecule has 0 spiro atoms. The molecule has 0 unspecified atom stereocenters. The molecule has 2 aliphatic carbocycles. The van der Waals surface area contributed by atoms with Gasteiger partial charge in [0.25, 0.3) is 0 Å². The van der Waals surface area contributed by atoms with Crippen molar-refractivity contribution >= 4 is 6.09 Å². The molecule has 0 aromatic heterocycles. The minimum absolute atomic E-state index is 0.119. The predicted octanol–water partition coefficient (Wildman–Crippen LogP) is 3.52. The molecule has 1 aromatic rings. The predicted molar refractivity (Wildman–Crippen MR) is 110 cm³/mol. The zero-order chi connectivity index (χ0) is 21.0. The molecule has 6 nitrogen and oxygen atoms in total. The fraction of sp³-hybridized carbons (Fsp3) is 0.696. The van der Waals surface area contributed by atoms with Crippen LogP contribution in [0.5, 0.6) is 0 Å². The van der Waals surface area contributed by atoms with Crippen LogP contribution in [0.1, 0.15) is 45.6 Å². The van der Waals surface area contributed by atoms with Crippen LogP contribution in [0.4, 0.5) is 4.79 Å². The second-order valence-electron chi connectivity index (χ2n) is 9.39. The molecule has 0 radical (unpaired) electrons. The molecule has 29 heavy (non-hydrogen) atoms. The number of aliphatic hydroxyl groups excluding tert-OH is 1. The third kappa shape index (κ3) is 5.93. The van der Waals surface area contributed by atoms with Gasteiger partial charge in [-0.15, -0.1) is 0 Å². The van der Waals surface area contributed by atoms with Crippen LogP contribution in [-0.2, 0) is 20.8 Å². The van der Waals surface area contributed by atoms with Gasteiger partial charge in [0.1, 0.15) is 5.60 Å². The maximum Gasteiger partial charge on any atom is 0.407 e. The van der Waals surface area contributed by atoms with Gasteiger partial charge in [-0.1, -0.05) is 30.3 Å². The SMILES string of the molecule is CO[C@H]1C[C@H]2C[C@H](O)[C@@H](NC(=O)OC(C)(C)C)C[C@H]2[C@@H]1COCc1ccccc1. The van der Waals surface area contributed by atoms with Crippen molar-refractivity contribution in [2.75, 3.05) is 13.7 Å². The molecular formula is C23H35NO5. The van der Waals surface area contributed by atoms with Crippen LogP contribution in [0.2, 0.25) is 0 Å². The highest BCUT2D eigenvalue weighted by atomic mass is 16.6. The Morgan fingerprint density at radius 1 is 1.17 bits per heavy atom. The largest absolute Gasteiger partial charge is 0.444 e. The van der Waals surface area contributed by atoms with E-state index in [4.69, 9.17) is 14.2 Å². The monoisotopic (exact) mass is 405 g/mol. The fourth-order valence-electron chi connectivity index (χ4n) is 4.84. The molecule has 0 bridgehead atoms. The molecule has 2 fully saturated rings. The van der Waals surface area contributed by atoms with Crippen LogP contribution in [0.15, 0.2) is 30.3 Å². The number of benzene rings is 1. The van der Waals surface area contributed by atoms with Gasteiger partial charge in [0.05, 0.1) is 31.5 Å². The summed E-state index contributed by atoms with van der Waals surface area (Å²) in [5, 5.41) is 13.5. The molecule has 3 rings (SSSR count). The van der Waals surface area contributed by atoms with Crippen molar-refractivity contribution in [2.45, 2.75) is 70.5 Å². The summed E-state index contributed by atoms with van der Waals surface area (Å²) in [6.07, 6.45) is 1.39. The Morgan fingerprint density at radius 2 is 1.90 bits per heavy atom. The number of fused-ring (bicyclic) bond motifs is 1. The molecule has 0 saturated heterocycles. The van der Waals surface area contributed by atoms with Crippen molar-refractivity contribution in [3.63, 3.8) is 0 Å². The molecule has 2 aliphatic rings. The standard InChI is InChI=1S/C23H35NO5/c1-23(2,3)29-22(26)24-19-12-17-16(10-20(19)25)11-21(27-4)18(17)14-28-13-15-8-6-5-7-9-15/h5-9,16-21,25H,10-14H2,1-4H3,(H,24,26)/t16-,17-,18+,19+,20+,21+/m1/s1. The Balaban J connectivity index is 1.59. The maximum atomic E-state index is 12.2. The van der Waals surface area contributed by atoms with Crippen molar-refractivity contribution in [1.82, 2.24) is 5.32 Å². The van der Waals surface area contributed by atoms with Gasteiger partial charge >= 0.3 is 6.09 Å². The minimum atomic E-state index is -0.565. The van der Waals surface area contributed by atoms with E-state index in [1.54, 1.807) is 7.11 Å². The van der Waals surface area contributed by atoms with Crippen LogP contribution in [-0.4, -0.2) is 48.8 Å². The Hall–Kier alpha value is -1.63. The summed E-state index contributed by atoms with van der Waals surface area (Å²) < 4.78 is 17.2. The van der Waals surface area contributed by atoms with Gasteiger partial charge < -0.3 is 24.6 Å². The Morgan fingerprint density at radius 3 is 2.55 bits per heavy atom. The molecule has 1 aromatic carbocycles. The normalized spacial score (nSPS) is 31.9. The van der Waals surface area contributed by atoms with Crippen molar-refractivity contribution < 1.29 is 24.1 Å². The maximum absolute atomic E-state index is 12.2. The first-order chi connectivity index (χ1) is 13.8. The van der Waals surface area contributed by atoms with Crippen molar-refractivity contribution in [3.05, 3.63) is 35.9 Å². The molecule has 2 N–H and O–H groups in total. The average Bonchev–Trinajstić information content (AvgIpc) is 2.98. The highest BCUT2D eigenvalue weighted by molar-refractivity contribution is 5.68. The van der Waals surface area contributed by atoms with Gasteiger partial charge in [-0.3, -0.25) is 0 Å². The van der Waals surface area contributed by atoms with Crippen molar-refractivity contribution in [1.29, 1.82) is 0 Å². The van der Waals surface area contributed by atoms with Gasteiger partial charge in [-0.05, 0) is 57.4 Å². The van der Waals surface area contributed by atoms with Crippen LogP contribution in [0.25, 0.3) is 0 Å². The lowest BCUT2D eigenvalue weighted by Gasteiger charge is -2.38. The average molecular weight is 406 g/mol. The lowest BCUT2D eigenvalue weighted by Crippen LogP contribution is -2.50. The van der Waals surface area contributed by atoms with Gasteiger partial charge in [-0.25, -0.2) is 4.79 Å². The molecule has 0 aliphatic heterocycles. The first kappa shape index (κ1) is 22.1. The lowest BCUT2D eigenvalue weighted by molar-refractivity contribution is -0.0163. The topological polar surface area (TPSA) is 77.0 Å². The zero-order valence-electron chi connectivity index (χ0n) is 18.0. The van der Waals surface area contributed by atoms with Crippen molar-refractivity contribution in [3.8, 4) is 0 Å². The Kier molecular flexibility index (Phi) is 7.19. The first-order valence-corrected chi connectivity index (χ1v) is 10.6. The number of methoxy groups -OCH3 is 1. The number of nitrogens with one attached hydrogen (secondary N) is 1. The minimum Gasteiger partial charge on any atom is -0.444 e. The molecule has 162 valence electrons. The van der Waals surface area contributed by atoms with E-state index in [0.29, 0.717) is 37.9 Å². The van der Waals surface area contributed by atoms with Gasteiger partial charge in [-0.2, -0.15) is 0 Å². The second-order valence-corrected chi connectivity index (χ2v) is 9.39. The zero-order valence-corrected chi connectivity index (χ0v) is 18.0. The van der Waals surface area contributed by atoms with E-state index in [9.17, 15) is 9.90 Å². The number of rotatable bonds is 6. The van der Waals surface area contributed by atoms with E-state index in [2.05, 4.69) is 17.4 Å². The number of ether oxygens (including phenoxy) is 3. The fourth-order valence-corrected chi connectivity index (χ4v) is 4.84. The van der Waals surface area contributed by atoms with E-state index in [0.717, 1.165) is 12.0 Å². The number of hydrogen-bond donors (Lipinski definition) is 2. The molecule has 6 heteroatoms. The number of aliphatic hydroxyl groups is 1. The Bertz CT molecular complexity index is 659. The summed E-state index contributed by atoms with van der Waals surface area (Å²) in [6.45, 7) is 6.69. The van der Waals surface area contributed by atoms with E-state index in [1.165, 1.54) is 0 Å². The van der Waals surface area contributed by atoms with Crippen molar-refractivity contribution in [2.24, 2.45) is 17.8 Å². The third-order valence-electron chi connectivity index (χ3n) is 6.13. The first-order valence-electron chi connectivity index (χ1n) is 10.6. The van der Waals surface area contributed by atoms with E-state index in [1.807, 2.05) is 39.0 Å². The van der Waals surface area contributed by atoms with Gasteiger partial charge in [0, 0.05) is 13.0 Å². The molecule has 1 amide bonds. The molecule has 2 saturated carbocycles. The second kappa shape index (κ2) is 9.45. The smallest absolute Gasteiger partial charge is 0.407 e. The highest BCUT2D eigenvalue weighted by Crippen LogP contribution is 2.47. The van der Waals surface area contributed by atoms with E-state index < -0.39 is 17.8 Å². The number of hydrogen-bond acceptors (Lipinski definition) is 5. The quantitative estimate of drug-likeness (QED) is 0.757. The summed E-state index contributed by atoms with van der Waals surface area (Å²) in [6, 6.07) is 9.83. The molecule has 6 atom stereocenters. The lowest BCUT2D eigenvalue weighted by atomic mass is 9.74. The van der Waals surface area contributed by atoms with E-state index in [-0.39, 0.29) is 18.1 Å². The Labute approximate surface area is 173 Å². The van der Waals surface area contributed by atoms with Crippen LogP contribution < -0.4 is 5.32 Å². The van der Waals surface area contributed by atoms with Crippen LogP contribution in [0.3, 0.4) is 0 Å². The number of carbonyl (C=O) groups is 1. The third-order valence-corrected chi connectivity index (χ3v) is 6.13. The number of amides is 1. The number of carbonyl (C=O) groups excluding carboxylic acids is 1. The molecular weight excluding hydrogens is 370 g/mol. The van der Waals surface area contributed by atoms with Crippen LogP contribution >= 0.6 is 0 Å². The van der Waals surface area contributed by atoms with Gasteiger partial charge in [0.15, 0.2) is 0 Å². The van der Waals surface area contributed by atoms with Crippen LogP contribution in [0, 0.1) is 17.8 Å². The van der Waals surface area contributed by atoms with Gasteiger partial charge in [0.2, 0.25) is 0 Å². The van der Waals surface area contributed by atoms with E-state index >= 15 is 0 Å². The summed E-state index contributed by atoms with van der Waals surface area (Å²) in [7, 11) is 1.75. The summed E-state index contributed by atoms with van der Waals surface area (Å²) >= 11 is 0. The number of alkyl carbamates (subject to hydrolysis) is 1. The molecule has 0 heterocycles.